The van der Waals surface area contributed by atoms with Crippen LogP contribution in [-0.4, -0.2) is 12.6 Å². The third-order valence-corrected chi connectivity index (χ3v) is 4.78. The monoisotopic (exact) mass is 311 g/mol. The molecule has 1 aromatic carbocycles. The molecule has 0 amide bonds. The minimum atomic E-state index is -0.326. The Bertz CT molecular complexity index is 548. The molecule has 0 aliphatic heterocycles. The van der Waals surface area contributed by atoms with Crippen molar-refractivity contribution in [2.75, 3.05) is 6.61 Å². The van der Waals surface area contributed by atoms with Crippen LogP contribution < -0.4 is 0 Å². The van der Waals surface area contributed by atoms with Gasteiger partial charge in [0, 0.05) is 6.08 Å². The van der Waals surface area contributed by atoms with Crippen molar-refractivity contribution in [3.63, 3.8) is 0 Å². The second kappa shape index (κ2) is 9.15. The summed E-state index contributed by atoms with van der Waals surface area (Å²) in [5.74, 6) is 1.13. The summed E-state index contributed by atoms with van der Waals surface area (Å²) in [6.45, 7) is 3.89. The van der Waals surface area contributed by atoms with Gasteiger partial charge in [-0.25, -0.2) is 4.79 Å². The number of benzene rings is 1. The van der Waals surface area contributed by atoms with Crippen molar-refractivity contribution in [2.45, 2.75) is 50.9 Å². The summed E-state index contributed by atoms with van der Waals surface area (Å²) >= 11 is 0. The Morgan fingerprint density at radius 3 is 2.52 bits per heavy atom. The highest BCUT2D eigenvalue weighted by molar-refractivity contribution is 5.81. The molecule has 1 aliphatic carbocycles. The van der Waals surface area contributed by atoms with Gasteiger partial charge in [-0.15, -0.1) is 0 Å². The van der Waals surface area contributed by atoms with Crippen molar-refractivity contribution in [1.82, 2.24) is 0 Å². The summed E-state index contributed by atoms with van der Waals surface area (Å²) in [5.41, 5.74) is 2.11. The maximum absolute atomic E-state index is 10.9. The number of esters is 1. The lowest BCUT2D eigenvalue weighted by Gasteiger charge is -2.28. The van der Waals surface area contributed by atoms with E-state index in [4.69, 9.17) is 10.00 Å². The molecule has 122 valence electrons. The van der Waals surface area contributed by atoms with E-state index < -0.39 is 0 Å². The quantitative estimate of drug-likeness (QED) is 0.415. The van der Waals surface area contributed by atoms with E-state index in [0.717, 1.165) is 24.3 Å². The first-order chi connectivity index (χ1) is 11.2. The molecule has 0 atom stereocenters. The van der Waals surface area contributed by atoms with E-state index in [-0.39, 0.29) is 5.97 Å². The number of nitrogens with zero attached hydrogens (tertiary/aromatic N) is 1. The normalized spacial score (nSPS) is 20.5. The molecule has 1 fully saturated rings. The number of carbonyl (C=O) groups is 1. The van der Waals surface area contributed by atoms with Crippen LogP contribution in [0.25, 0.3) is 0 Å². The molecule has 23 heavy (non-hydrogen) atoms. The fourth-order valence-electron chi connectivity index (χ4n) is 3.38. The first-order valence-electron chi connectivity index (χ1n) is 8.52. The second-order valence-corrected chi connectivity index (χ2v) is 6.32. The zero-order valence-electron chi connectivity index (χ0n) is 13.7. The molecule has 1 aliphatic rings. The number of carbonyl (C=O) groups excluding carboxylic acids is 1. The highest BCUT2D eigenvalue weighted by atomic mass is 16.5. The van der Waals surface area contributed by atoms with Crippen LogP contribution in [0.5, 0.6) is 0 Å². The molecule has 0 unspecified atom stereocenters. The summed E-state index contributed by atoms with van der Waals surface area (Å²) in [6, 6.07) is 10.2. The van der Waals surface area contributed by atoms with Gasteiger partial charge in [0.1, 0.15) is 0 Å². The molecule has 3 nitrogen and oxygen atoms in total. The van der Waals surface area contributed by atoms with Gasteiger partial charge in [0.05, 0.1) is 18.2 Å². The van der Waals surface area contributed by atoms with Crippen molar-refractivity contribution in [1.29, 1.82) is 5.26 Å². The Morgan fingerprint density at radius 1 is 1.22 bits per heavy atom. The third-order valence-electron chi connectivity index (χ3n) is 4.78. The van der Waals surface area contributed by atoms with E-state index in [9.17, 15) is 4.79 Å². The van der Waals surface area contributed by atoms with Crippen molar-refractivity contribution in [3.8, 4) is 6.07 Å². The fraction of sp³-hybridized carbons (Fsp3) is 0.500. The van der Waals surface area contributed by atoms with Crippen LogP contribution in [0.4, 0.5) is 0 Å². The number of hydrogen-bond donors (Lipinski definition) is 0. The first kappa shape index (κ1) is 17.3. The number of ether oxygens (including phenoxy) is 1. The Balaban J connectivity index is 1.64. The Morgan fingerprint density at radius 2 is 1.91 bits per heavy atom. The predicted molar refractivity (Wildman–Crippen MR) is 90.9 cm³/mol. The Hall–Kier alpha value is -2.08. The van der Waals surface area contributed by atoms with Gasteiger partial charge in [-0.2, -0.15) is 5.26 Å². The summed E-state index contributed by atoms with van der Waals surface area (Å²) in [4.78, 5) is 10.9. The van der Waals surface area contributed by atoms with Gasteiger partial charge in [0.2, 0.25) is 0 Å². The van der Waals surface area contributed by atoms with E-state index in [0.29, 0.717) is 12.5 Å². The van der Waals surface area contributed by atoms with Crippen LogP contribution in [0.1, 0.15) is 62.0 Å². The highest BCUT2D eigenvalue weighted by Crippen LogP contribution is 2.37. The van der Waals surface area contributed by atoms with Gasteiger partial charge in [-0.05, 0) is 68.1 Å². The molecule has 2 rings (SSSR count). The van der Waals surface area contributed by atoms with Gasteiger partial charge in [-0.3, -0.25) is 0 Å². The molecular formula is C20H25NO2. The third kappa shape index (κ3) is 5.56. The van der Waals surface area contributed by atoms with E-state index in [1.165, 1.54) is 43.7 Å². The molecule has 1 aromatic rings. The van der Waals surface area contributed by atoms with E-state index in [1.54, 1.807) is 0 Å². The van der Waals surface area contributed by atoms with E-state index in [1.807, 2.05) is 12.1 Å². The van der Waals surface area contributed by atoms with Gasteiger partial charge in [-0.1, -0.05) is 25.1 Å². The number of hydrogen-bond acceptors (Lipinski definition) is 3. The molecule has 0 heterocycles. The molecule has 0 aromatic heterocycles. The number of unbranched alkanes of at least 4 members (excludes halogenated alkanes) is 1. The van der Waals surface area contributed by atoms with Crippen LogP contribution in [-0.2, 0) is 9.53 Å². The van der Waals surface area contributed by atoms with Crippen LogP contribution >= 0.6 is 0 Å². The molecule has 0 N–H and O–H groups in total. The summed E-state index contributed by atoms with van der Waals surface area (Å²) in [5, 5.41) is 8.86. The average molecular weight is 311 g/mol. The van der Waals surface area contributed by atoms with Crippen molar-refractivity contribution in [2.24, 2.45) is 5.92 Å². The lowest BCUT2D eigenvalue weighted by Crippen LogP contribution is -2.13. The van der Waals surface area contributed by atoms with Gasteiger partial charge < -0.3 is 4.74 Å². The van der Waals surface area contributed by atoms with Crippen molar-refractivity contribution < 1.29 is 9.53 Å². The maximum Gasteiger partial charge on any atom is 0.330 e. The molecular weight excluding hydrogens is 286 g/mol. The summed E-state index contributed by atoms with van der Waals surface area (Å²) in [6.07, 6.45) is 9.53. The highest BCUT2D eigenvalue weighted by Gasteiger charge is 2.22. The summed E-state index contributed by atoms with van der Waals surface area (Å²) < 4.78 is 4.99. The molecule has 0 radical (unpaired) electrons. The van der Waals surface area contributed by atoms with Crippen LogP contribution in [0, 0.1) is 17.2 Å². The van der Waals surface area contributed by atoms with Crippen LogP contribution in [0.15, 0.2) is 36.9 Å². The Kier molecular flexibility index (Phi) is 6.87. The number of nitriles is 1. The SMILES string of the molecule is C=CC(=O)OCCCCC1CCC(c2ccc(C#N)cc2)CC1. The lowest BCUT2D eigenvalue weighted by atomic mass is 9.77. The van der Waals surface area contributed by atoms with Gasteiger partial charge in [0.25, 0.3) is 0 Å². The zero-order chi connectivity index (χ0) is 16.5. The molecule has 3 heteroatoms. The predicted octanol–water partition coefficient (Wildman–Crippen LogP) is 4.73. The molecule has 0 saturated heterocycles. The van der Waals surface area contributed by atoms with Crippen molar-refractivity contribution >= 4 is 5.97 Å². The second-order valence-electron chi connectivity index (χ2n) is 6.32. The zero-order valence-corrected chi connectivity index (χ0v) is 13.7. The fourth-order valence-corrected chi connectivity index (χ4v) is 3.38. The lowest BCUT2D eigenvalue weighted by molar-refractivity contribution is -0.137. The van der Waals surface area contributed by atoms with E-state index >= 15 is 0 Å². The van der Waals surface area contributed by atoms with Crippen LogP contribution in [0.3, 0.4) is 0 Å². The van der Waals surface area contributed by atoms with Gasteiger partial charge in [0.15, 0.2) is 0 Å². The molecule has 1 saturated carbocycles. The smallest absolute Gasteiger partial charge is 0.330 e. The standard InChI is InChI=1S/C20H25NO2/c1-2-20(22)23-14-4-3-5-16-6-10-18(11-7-16)19-12-8-17(15-21)9-13-19/h2,8-9,12-13,16,18H,1,3-7,10-11,14H2. The Labute approximate surface area is 139 Å². The number of rotatable bonds is 7. The van der Waals surface area contributed by atoms with Crippen molar-refractivity contribution in [3.05, 3.63) is 48.0 Å². The summed E-state index contributed by atoms with van der Waals surface area (Å²) in [7, 11) is 0. The minimum Gasteiger partial charge on any atom is -0.463 e. The topological polar surface area (TPSA) is 50.1 Å². The minimum absolute atomic E-state index is 0.326. The van der Waals surface area contributed by atoms with E-state index in [2.05, 4.69) is 24.8 Å². The molecule has 0 spiro atoms. The van der Waals surface area contributed by atoms with Crippen LogP contribution in [0.2, 0.25) is 0 Å². The van der Waals surface area contributed by atoms with Gasteiger partial charge >= 0.3 is 5.97 Å². The first-order valence-corrected chi connectivity index (χ1v) is 8.52. The molecule has 0 bridgehead atoms. The maximum atomic E-state index is 10.9. The average Bonchev–Trinajstić information content (AvgIpc) is 2.62. The largest absolute Gasteiger partial charge is 0.463 e.